The van der Waals surface area contributed by atoms with E-state index in [-0.39, 0.29) is 0 Å². The lowest BCUT2D eigenvalue weighted by Gasteiger charge is -2.11. The molecule has 0 atom stereocenters. The van der Waals surface area contributed by atoms with Gasteiger partial charge < -0.3 is 9.13 Å². The van der Waals surface area contributed by atoms with Gasteiger partial charge in [-0.2, -0.15) is 0 Å². The summed E-state index contributed by atoms with van der Waals surface area (Å²) in [5.41, 5.74) is 9.68. The first-order valence-electron chi connectivity index (χ1n) is 14.5. The largest absolute Gasteiger partial charge is 0.309 e. The van der Waals surface area contributed by atoms with E-state index >= 15 is 0 Å². The van der Waals surface area contributed by atoms with Crippen molar-refractivity contribution in [2.75, 3.05) is 0 Å². The van der Waals surface area contributed by atoms with Crippen LogP contribution in [0.3, 0.4) is 0 Å². The summed E-state index contributed by atoms with van der Waals surface area (Å²) in [6.07, 6.45) is 0. The van der Waals surface area contributed by atoms with Gasteiger partial charge in [0.2, 0.25) is 0 Å². The van der Waals surface area contributed by atoms with Gasteiger partial charge in [0.15, 0.2) is 0 Å². The summed E-state index contributed by atoms with van der Waals surface area (Å²) < 4.78 is 4.88. The van der Waals surface area contributed by atoms with Crippen LogP contribution in [0.2, 0.25) is 0 Å². The Morgan fingerprint density at radius 3 is 1.76 bits per heavy atom. The van der Waals surface area contributed by atoms with Crippen LogP contribution in [0.15, 0.2) is 158 Å². The highest BCUT2D eigenvalue weighted by atomic mass is 15.0. The Hall–Kier alpha value is -5.60. The van der Waals surface area contributed by atoms with Crippen LogP contribution in [0.5, 0.6) is 0 Å². The molecule has 0 aliphatic carbocycles. The smallest absolute Gasteiger partial charge is 0.0641 e. The second-order valence-electron chi connectivity index (χ2n) is 11.0. The van der Waals surface area contributed by atoms with Crippen molar-refractivity contribution in [2.45, 2.75) is 0 Å². The third-order valence-corrected chi connectivity index (χ3v) is 8.69. The fraction of sp³-hybridized carbons (Fsp3) is 0. The maximum atomic E-state index is 2.47. The molecule has 0 N–H and O–H groups in total. The molecule has 196 valence electrons. The molecule has 0 spiro atoms. The summed E-state index contributed by atoms with van der Waals surface area (Å²) in [6, 6.07) is 57.2. The summed E-state index contributed by atoms with van der Waals surface area (Å²) in [5.74, 6) is 0. The van der Waals surface area contributed by atoms with Gasteiger partial charge in [0.05, 0.1) is 22.1 Å². The van der Waals surface area contributed by atoms with Crippen molar-refractivity contribution < 1.29 is 0 Å². The molecule has 9 aromatic rings. The molecule has 7 aromatic carbocycles. The number of para-hydroxylation sites is 2. The van der Waals surface area contributed by atoms with E-state index in [1.165, 1.54) is 71.2 Å². The number of fused-ring (bicyclic) bond motifs is 8. The summed E-state index contributed by atoms with van der Waals surface area (Å²) in [5, 5.41) is 7.58. The third kappa shape index (κ3) is 3.33. The first-order chi connectivity index (χ1) is 20.8. The van der Waals surface area contributed by atoms with Crippen molar-refractivity contribution in [1.82, 2.24) is 9.13 Å². The van der Waals surface area contributed by atoms with Gasteiger partial charge in [0.25, 0.3) is 0 Å². The molecule has 0 fully saturated rings. The van der Waals surface area contributed by atoms with Crippen LogP contribution in [-0.4, -0.2) is 9.13 Å². The molecule has 0 aliphatic heterocycles. The van der Waals surface area contributed by atoms with Gasteiger partial charge in [-0.05, 0) is 64.4 Å². The number of benzene rings is 7. The second-order valence-corrected chi connectivity index (χ2v) is 11.0. The number of hydrogen-bond acceptors (Lipinski definition) is 0. The molecular formula is C40H26N2. The zero-order valence-corrected chi connectivity index (χ0v) is 22.9. The van der Waals surface area contributed by atoms with E-state index in [1.807, 2.05) is 0 Å². The lowest BCUT2D eigenvalue weighted by atomic mass is 10.1. The minimum Gasteiger partial charge on any atom is -0.309 e. The molecule has 2 heterocycles. The standard InChI is InChI=1S/C40H26N2/c1-2-10-27(11-3-1)29-18-21-31(22-19-29)41-37-17-9-7-15-35(37)39-38(41)25-24-34-33-14-6-8-16-36(33)42(40(34)39)32-23-20-28-12-4-5-13-30(28)26-32/h1-26H. The molecule has 2 heteroatoms. The average molecular weight is 535 g/mol. The quantitative estimate of drug-likeness (QED) is 0.213. The van der Waals surface area contributed by atoms with Gasteiger partial charge in [-0.1, -0.05) is 115 Å². The topological polar surface area (TPSA) is 9.86 Å². The summed E-state index contributed by atoms with van der Waals surface area (Å²) in [4.78, 5) is 0. The van der Waals surface area contributed by atoms with Crippen LogP contribution >= 0.6 is 0 Å². The minimum atomic E-state index is 1.16. The normalized spacial score (nSPS) is 11.8. The molecule has 0 radical (unpaired) electrons. The zero-order chi connectivity index (χ0) is 27.6. The van der Waals surface area contributed by atoms with Crippen molar-refractivity contribution in [3.8, 4) is 22.5 Å². The van der Waals surface area contributed by atoms with Gasteiger partial charge in [-0.25, -0.2) is 0 Å². The van der Waals surface area contributed by atoms with Crippen LogP contribution < -0.4 is 0 Å². The third-order valence-electron chi connectivity index (χ3n) is 8.69. The Morgan fingerprint density at radius 2 is 0.952 bits per heavy atom. The molecule has 9 rings (SSSR count). The van der Waals surface area contributed by atoms with Crippen molar-refractivity contribution in [2.24, 2.45) is 0 Å². The van der Waals surface area contributed by atoms with E-state index in [1.54, 1.807) is 0 Å². The van der Waals surface area contributed by atoms with Gasteiger partial charge >= 0.3 is 0 Å². The molecule has 0 saturated heterocycles. The SMILES string of the molecule is c1ccc(-c2ccc(-n3c4ccccc4c4c3ccc3c5ccccc5n(-c5ccc6ccccc6c5)c34)cc2)cc1. The molecule has 0 bridgehead atoms. The molecular weight excluding hydrogens is 508 g/mol. The lowest BCUT2D eigenvalue weighted by Crippen LogP contribution is -1.95. The lowest BCUT2D eigenvalue weighted by molar-refractivity contribution is 1.18. The maximum Gasteiger partial charge on any atom is 0.0641 e. The van der Waals surface area contributed by atoms with E-state index in [0.717, 1.165) is 5.69 Å². The highest BCUT2D eigenvalue weighted by Gasteiger charge is 2.20. The Balaban J connectivity index is 1.38. The number of hydrogen-bond donors (Lipinski definition) is 0. The van der Waals surface area contributed by atoms with E-state index in [9.17, 15) is 0 Å². The molecule has 0 unspecified atom stereocenters. The fourth-order valence-electron chi connectivity index (χ4n) is 6.80. The number of nitrogens with zero attached hydrogens (tertiary/aromatic N) is 2. The van der Waals surface area contributed by atoms with E-state index < -0.39 is 0 Å². The minimum absolute atomic E-state index is 1.16. The highest BCUT2D eigenvalue weighted by molar-refractivity contribution is 6.26. The Labute approximate surface area is 243 Å². The van der Waals surface area contributed by atoms with Gasteiger partial charge in [-0.15, -0.1) is 0 Å². The van der Waals surface area contributed by atoms with Crippen molar-refractivity contribution in [3.05, 3.63) is 158 Å². The van der Waals surface area contributed by atoms with Crippen molar-refractivity contribution >= 4 is 54.4 Å². The van der Waals surface area contributed by atoms with E-state index in [4.69, 9.17) is 0 Å². The predicted octanol–water partition coefficient (Wildman–Crippen LogP) is 10.7. The van der Waals surface area contributed by atoms with Crippen LogP contribution in [0, 0.1) is 0 Å². The predicted molar refractivity (Wildman–Crippen MR) is 178 cm³/mol. The fourth-order valence-corrected chi connectivity index (χ4v) is 6.80. The Kier molecular flexibility index (Phi) is 4.93. The van der Waals surface area contributed by atoms with Gasteiger partial charge in [-0.3, -0.25) is 0 Å². The monoisotopic (exact) mass is 534 g/mol. The number of rotatable bonds is 3. The van der Waals surface area contributed by atoms with Crippen molar-refractivity contribution in [3.63, 3.8) is 0 Å². The maximum absolute atomic E-state index is 2.47. The van der Waals surface area contributed by atoms with Crippen LogP contribution in [0.1, 0.15) is 0 Å². The summed E-state index contributed by atoms with van der Waals surface area (Å²) in [6.45, 7) is 0. The summed E-state index contributed by atoms with van der Waals surface area (Å²) in [7, 11) is 0. The first-order valence-corrected chi connectivity index (χ1v) is 14.5. The van der Waals surface area contributed by atoms with Crippen molar-refractivity contribution in [1.29, 1.82) is 0 Å². The van der Waals surface area contributed by atoms with E-state index in [0.29, 0.717) is 0 Å². The zero-order valence-electron chi connectivity index (χ0n) is 22.9. The van der Waals surface area contributed by atoms with Crippen LogP contribution in [0.25, 0.3) is 76.9 Å². The van der Waals surface area contributed by atoms with Gasteiger partial charge in [0.1, 0.15) is 0 Å². The molecule has 42 heavy (non-hydrogen) atoms. The highest BCUT2D eigenvalue weighted by Crippen LogP contribution is 2.42. The van der Waals surface area contributed by atoms with Gasteiger partial charge in [0, 0.05) is 32.9 Å². The first kappa shape index (κ1) is 23.1. The molecule has 0 aliphatic rings. The second kappa shape index (κ2) is 8.95. The van der Waals surface area contributed by atoms with Crippen LogP contribution in [0.4, 0.5) is 0 Å². The van der Waals surface area contributed by atoms with Crippen LogP contribution in [-0.2, 0) is 0 Å². The molecule has 0 saturated carbocycles. The van der Waals surface area contributed by atoms with E-state index in [2.05, 4.69) is 167 Å². The Morgan fingerprint density at radius 1 is 0.333 bits per heavy atom. The molecule has 2 nitrogen and oxygen atoms in total. The molecule has 0 amide bonds. The molecule has 2 aromatic heterocycles. The number of aromatic nitrogens is 2. The summed E-state index contributed by atoms with van der Waals surface area (Å²) >= 11 is 0. The Bertz CT molecular complexity index is 2440. The average Bonchev–Trinajstić information content (AvgIpc) is 3.58.